The number of ether oxygens (including phenoxy) is 2. The molecule has 5 nitrogen and oxygen atoms in total. The molecule has 0 bridgehead atoms. The lowest BCUT2D eigenvalue weighted by molar-refractivity contribution is -0.120. The van der Waals surface area contributed by atoms with E-state index in [0.717, 1.165) is 5.56 Å². The van der Waals surface area contributed by atoms with Crippen molar-refractivity contribution >= 4 is 29.3 Å². The monoisotopic (exact) mass is 361 g/mol. The maximum absolute atomic E-state index is 12.5. The van der Waals surface area contributed by atoms with Crippen LogP contribution in [0.4, 0.5) is 0 Å². The Morgan fingerprint density at radius 1 is 1.20 bits per heavy atom. The standard InChI is InChI=1S/C19H23NO4S/c1-19(2,3)16(21)11-17-20(4)18(22)15(25-17)9-12-7-8-13(23-5)10-14(12)24-6/h7-11H,1-6H3/b15-9-,17-11-. The molecule has 0 radical (unpaired) electrons. The van der Waals surface area contributed by atoms with Crippen molar-refractivity contribution in [1.82, 2.24) is 4.57 Å². The maximum atomic E-state index is 12.5. The molecule has 0 saturated carbocycles. The number of Topliss-reactive ketones (excluding diaryl/α,β-unsaturated/α-hetero) is 1. The Kier molecular flexibility index (Phi) is 5.52. The second-order valence-electron chi connectivity index (χ2n) is 6.68. The van der Waals surface area contributed by atoms with Gasteiger partial charge in [-0.05, 0) is 18.2 Å². The van der Waals surface area contributed by atoms with Gasteiger partial charge in [-0.2, -0.15) is 0 Å². The highest BCUT2D eigenvalue weighted by Crippen LogP contribution is 2.24. The van der Waals surface area contributed by atoms with E-state index >= 15 is 0 Å². The molecule has 0 unspecified atom stereocenters. The summed E-state index contributed by atoms with van der Waals surface area (Å²) in [7, 11) is 4.82. The molecule has 0 saturated heterocycles. The van der Waals surface area contributed by atoms with Crippen LogP contribution in [0.25, 0.3) is 12.2 Å². The van der Waals surface area contributed by atoms with Gasteiger partial charge in [0.25, 0.3) is 5.56 Å². The Balaban J connectivity index is 2.61. The van der Waals surface area contributed by atoms with Gasteiger partial charge in [-0.1, -0.05) is 20.8 Å². The van der Waals surface area contributed by atoms with Gasteiger partial charge >= 0.3 is 0 Å². The molecule has 1 aromatic carbocycles. The topological polar surface area (TPSA) is 57.5 Å². The first kappa shape index (κ1) is 19.0. The van der Waals surface area contributed by atoms with Gasteiger partial charge in [0.05, 0.1) is 18.8 Å². The number of nitrogens with zero attached hydrogens (tertiary/aromatic N) is 1. The fourth-order valence-electron chi connectivity index (χ4n) is 2.12. The van der Waals surface area contributed by atoms with Gasteiger partial charge in [0.15, 0.2) is 5.78 Å². The van der Waals surface area contributed by atoms with Crippen LogP contribution >= 0.6 is 11.3 Å². The first-order valence-corrected chi connectivity index (χ1v) is 8.64. The lowest BCUT2D eigenvalue weighted by Gasteiger charge is -2.12. The van der Waals surface area contributed by atoms with E-state index in [0.29, 0.717) is 20.7 Å². The number of methoxy groups -OCH3 is 2. The van der Waals surface area contributed by atoms with E-state index in [1.54, 1.807) is 33.4 Å². The summed E-state index contributed by atoms with van der Waals surface area (Å²) in [5, 5.41) is 0. The van der Waals surface area contributed by atoms with Crippen molar-refractivity contribution in [2.45, 2.75) is 20.8 Å². The van der Waals surface area contributed by atoms with Crippen molar-refractivity contribution in [3.05, 3.63) is 43.3 Å². The molecule has 0 aliphatic carbocycles. The molecule has 2 aromatic rings. The summed E-state index contributed by atoms with van der Waals surface area (Å²) in [6.45, 7) is 5.56. The number of rotatable bonds is 4. The first-order chi connectivity index (χ1) is 11.7. The number of benzene rings is 1. The molecule has 0 N–H and O–H groups in total. The Hall–Kier alpha value is -2.34. The van der Waals surface area contributed by atoms with Crippen LogP contribution in [0.2, 0.25) is 0 Å². The lowest BCUT2D eigenvalue weighted by Crippen LogP contribution is -2.30. The zero-order valence-electron chi connectivity index (χ0n) is 15.4. The van der Waals surface area contributed by atoms with Crippen molar-refractivity contribution in [1.29, 1.82) is 0 Å². The summed E-state index contributed by atoms with van der Waals surface area (Å²) >= 11 is 1.29. The maximum Gasteiger partial charge on any atom is 0.268 e. The second kappa shape index (κ2) is 7.27. The van der Waals surface area contributed by atoms with Crippen molar-refractivity contribution < 1.29 is 14.3 Å². The number of aromatic nitrogens is 1. The summed E-state index contributed by atoms with van der Waals surface area (Å²) in [4.78, 5) is 24.7. The number of hydrogen-bond donors (Lipinski definition) is 0. The molecule has 6 heteroatoms. The number of hydrogen-bond acceptors (Lipinski definition) is 5. The summed E-state index contributed by atoms with van der Waals surface area (Å²) in [5.74, 6) is 1.28. The summed E-state index contributed by atoms with van der Waals surface area (Å²) in [6, 6.07) is 5.41. The van der Waals surface area contributed by atoms with Crippen molar-refractivity contribution in [3.8, 4) is 11.5 Å². The highest BCUT2D eigenvalue weighted by atomic mass is 32.1. The normalized spacial score (nSPS) is 13.2. The van der Waals surface area contributed by atoms with Crippen molar-refractivity contribution in [2.75, 3.05) is 14.2 Å². The van der Waals surface area contributed by atoms with Gasteiger partial charge in [0.1, 0.15) is 16.2 Å². The highest BCUT2D eigenvalue weighted by molar-refractivity contribution is 7.07. The van der Waals surface area contributed by atoms with Crippen molar-refractivity contribution in [3.63, 3.8) is 0 Å². The fraction of sp³-hybridized carbons (Fsp3) is 0.368. The van der Waals surface area contributed by atoms with E-state index in [-0.39, 0.29) is 11.3 Å². The van der Waals surface area contributed by atoms with Crippen LogP contribution in [0.5, 0.6) is 11.5 Å². The number of ketones is 1. The van der Waals surface area contributed by atoms with Gasteiger partial charge in [-0.15, -0.1) is 11.3 Å². The SMILES string of the molecule is COc1ccc(/C=c2\s/c(=C\C(=O)C(C)(C)C)n(C)c2=O)c(OC)c1. The van der Waals surface area contributed by atoms with Gasteiger partial charge < -0.3 is 14.0 Å². The molecule has 1 aromatic heterocycles. The van der Waals surface area contributed by atoms with Crippen LogP contribution in [-0.4, -0.2) is 24.6 Å². The van der Waals surface area contributed by atoms with Crippen molar-refractivity contribution in [2.24, 2.45) is 12.5 Å². The quantitative estimate of drug-likeness (QED) is 0.832. The van der Waals surface area contributed by atoms with Crippen LogP contribution in [0.1, 0.15) is 26.3 Å². The molecule has 0 spiro atoms. The average molecular weight is 361 g/mol. The van der Waals surface area contributed by atoms with E-state index in [2.05, 4.69) is 0 Å². The minimum atomic E-state index is -0.483. The fourth-order valence-corrected chi connectivity index (χ4v) is 3.14. The van der Waals surface area contributed by atoms with Gasteiger partial charge in [-0.25, -0.2) is 0 Å². The largest absolute Gasteiger partial charge is 0.497 e. The van der Waals surface area contributed by atoms with Crippen LogP contribution in [0, 0.1) is 5.41 Å². The van der Waals surface area contributed by atoms with E-state index in [9.17, 15) is 9.59 Å². The molecule has 0 fully saturated rings. The Morgan fingerprint density at radius 2 is 1.88 bits per heavy atom. The number of carbonyl (C=O) groups excluding carboxylic acids is 1. The highest BCUT2D eigenvalue weighted by Gasteiger charge is 2.19. The zero-order valence-corrected chi connectivity index (χ0v) is 16.2. The third-order valence-corrected chi connectivity index (χ3v) is 4.89. The summed E-state index contributed by atoms with van der Waals surface area (Å²) in [5.41, 5.74) is 0.148. The Labute approximate surface area is 150 Å². The molecule has 0 atom stereocenters. The lowest BCUT2D eigenvalue weighted by atomic mass is 9.91. The molecule has 25 heavy (non-hydrogen) atoms. The summed E-state index contributed by atoms with van der Waals surface area (Å²) < 4.78 is 13.2. The summed E-state index contributed by atoms with van der Waals surface area (Å²) in [6.07, 6.45) is 3.30. The number of carbonyl (C=O) groups is 1. The van der Waals surface area contributed by atoms with Gasteiger partial charge in [-0.3, -0.25) is 9.59 Å². The van der Waals surface area contributed by atoms with Gasteiger partial charge in [0.2, 0.25) is 0 Å². The minimum absolute atomic E-state index is 0.0158. The molecule has 0 amide bonds. The van der Waals surface area contributed by atoms with E-state index in [1.165, 1.54) is 22.0 Å². The molecule has 0 aliphatic heterocycles. The van der Waals surface area contributed by atoms with Crippen LogP contribution in [-0.2, 0) is 11.8 Å². The van der Waals surface area contributed by atoms with E-state index in [1.807, 2.05) is 32.9 Å². The smallest absolute Gasteiger partial charge is 0.268 e. The molecule has 2 rings (SSSR count). The first-order valence-electron chi connectivity index (χ1n) is 7.83. The van der Waals surface area contributed by atoms with Crippen LogP contribution in [0.3, 0.4) is 0 Å². The van der Waals surface area contributed by atoms with Crippen LogP contribution in [0.15, 0.2) is 23.0 Å². The molecule has 1 heterocycles. The third kappa shape index (κ3) is 4.20. The number of thiazole rings is 1. The predicted octanol–water partition coefficient (Wildman–Crippen LogP) is 1.69. The average Bonchev–Trinajstić information content (AvgIpc) is 2.82. The molecular formula is C19H23NO4S. The molecule has 0 aliphatic rings. The molecular weight excluding hydrogens is 338 g/mol. The molecule has 134 valence electrons. The zero-order chi connectivity index (χ0) is 18.8. The Bertz CT molecular complexity index is 961. The van der Waals surface area contributed by atoms with E-state index in [4.69, 9.17) is 9.47 Å². The predicted molar refractivity (Wildman–Crippen MR) is 101 cm³/mol. The third-order valence-electron chi connectivity index (χ3n) is 3.78. The Morgan fingerprint density at radius 3 is 2.44 bits per heavy atom. The van der Waals surface area contributed by atoms with Crippen LogP contribution < -0.4 is 24.2 Å². The van der Waals surface area contributed by atoms with E-state index < -0.39 is 5.41 Å². The van der Waals surface area contributed by atoms with Gasteiger partial charge in [0, 0.05) is 30.2 Å². The minimum Gasteiger partial charge on any atom is -0.497 e. The second-order valence-corrected chi connectivity index (χ2v) is 7.74.